The van der Waals surface area contributed by atoms with Gasteiger partial charge in [0, 0.05) is 6.07 Å². The molecular weight excluding hydrogens is 470 g/mol. The molecule has 13 nitrogen and oxygen atoms in total. The van der Waals surface area contributed by atoms with Crippen molar-refractivity contribution < 1.29 is 22.8 Å². The van der Waals surface area contributed by atoms with Crippen molar-refractivity contribution in [3.63, 3.8) is 0 Å². The van der Waals surface area contributed by atoms with Crippen molar-refractivity contribution in [1.82, 2.24) is 9.66 Å². The van der Waals surface area contributed by atoms with E-state index >= 15 is 0 Å². The minimum Gasteiger partial charge on any atom is -0.462 e. The summed E-state index contributed by atoms with van der Waals surface area (Å²) >= 11 is 0. The number of aromatic amines is 1. The van der Waals surface area contributed by atoms with Crippen LogP contribution in [0.1, 0.15) is 5.56 Å². The highest BCUT2D eigenvalue weighted by atomic mass is 32.2. The lowest BCUT2D eigenvalue weighted by Crippen LogP contribution is -2.43. The molecule has 1 aliphatic rings. The van der Waals surface area contributed by atoms with E-state index < -0.39 is 37.9 Å². The molecule has 0 fully saturated rings. The predicted molar refractivity (Wildman–Crippen MR) is 122 cm³/mol. The van der Waals surface area contributed by atoms with Gasteiger partial charge < -0.3 is 19.8 Å². The molecule has 1 unspecified atom stereocenters. The number of nitro benzene ring substituents is 1. The van der Waals surface area contributed by atoms with Crippen LogP contribution in [0.4, 0.5) is 11.4 Å². The van der Waals surface area contributed by atoms with E-state index in [2.05, 4.69) is 10.3 Å². The molecule has 1 atom stereocenters. The van der Waals surface area contributed by atoms with Crippen LogP contribution in [0.5, 0.6) is 0 Å². The summed E-state index contributed by atoms with van der Waals surface area (Å²) in [4.78, 5) is 40.3. The molecule has 1 aromatic heterocycles. The Bertz CT molecular complexity index is 1510. The third-order valence-corrected chi connectivity index (χ3v) is 5.43. The van der Waals surface area contributed by atoms with Crippen molar-refractivity contribution in [3.8, 4) is 0 Å². The van der Waals surface area contributed by atoms with Crippen LogP contribution in [-0.4, -0.2) is 42.1 Å². The SMILES string of the molecule is CS(=O)(=O)Nn1c(=O)[nH]c2cc([N+](=O)[O-])c(NC(Cc3ccccc3)C3=COCO3)cc2c1=O. The van der Waals surface area contributed by atoms with E-state index in [0.29, 0.717) is 12.2 Å². The summed E-state index contributed by atoms with van der Waals surface area (Å²) in [6, 6.07) is 10.9. The van der Waals surface area contributed by atoms with Gasteiger partial charge >= 0.3 is 5.69 Å². The average Bonchev–Trinajstić information content (AvgIpc) is 3.31. The summed E-state index contributed by atoms with van der Waals surface area (Å²) in [7, 11) is -3.96. The Kier molecular flexibility index (Phi) is 5.98. The largest absolute Gasteiger partial charge is 0.462 e. The Morgan fingerprint density at radius 3 is 2.59 bits per heavy atom. The highest BCUT2D eigenvalue weighted by molar-refractivity contribution is 7.91. The first-order valence-electron chi connectivity index (χ1n) is 9.82. The predicted octanol–water partition coefficient (Wildman–Crippen LogP) is 0.970. The molecule has 4 rings (SSSR count). The van der Waals surface area contributed by atoms with Crippen molar-refractivity contribution in [3.05, 3.63) is 91.0 Å². The van der Waals surface area contributed by atoms with E-state index in [9.17, 15) is 28.1 Å². The van der Waals surface area contributed by atoms with Crippen LogP contribution in [-0.2, 0) is 25.9 Å². The van der Waals surface area contributed by atoms with Gasteiger partial charge in [-0.1, -0.05) is 30.3 Å². The number of benzene rings is 2. The smallest absolute Gasteiger partial charge is 0.348 e. The van der Waals surface area contributed by atoms with Gasteiger partial charge in [-0.15, -0.1) is 0 Å². The molecule has 3 N–H and O–H groups in total. The van der Waals surface area contributed by atoms with Gasteiger partial charge in [0.15, 0.2) is 5.76 Å². The second-order valence-corrected chi connectivity index (χ2v) is 9.17. The fourth-order valence-corrected chi connectivity index (χ4v) is 3.96. The molecule has 0 saturated heterocycles. The minimum atomic E-state index is -3.96. The third-order valence-electron chi connectivity index (χ3n) is 4.92. The number of nitrogens with one attached hydrogen (secondary N) is 3. The zero-order valence-electron chi connectivity index (χ0n) is 17.7. The molecule has 1 aliphatic heterocycles. The maximum absolute atomic E-state index is 12.9. The lowest BCUT2D eigenvalue weighted by molar-refractivity contribution is -0.383. The van der Waals surface area contributed by atoms with E-state index in [1.165, 1.54) is 12.3 Å². The number of aromatic nitrogens is 2. The van der Waals surface area contributed by atoms with E-state index in [-0.39, 0.29) is 28.1 Å². The van der Waals surface area contributed by atoms with Crippen LogP contribution < -0.4 is 21.4 Å². The van der Waals surface area contributed by atoms with Gasteiger partial charge in [0.2, 0.25) is 16.8 Å². The van der Waals surface area contributed by atoms with Gasteiger partial charge in [0.25, 0.3) is 11.2 Å². The van der Waals surface area contributed by atoms with Crippen molar-refractivity contribution in [1.29, 1.82) is 0 Å². The first-order valence-corrected chi connectivity index (χ1v) is 11.7. The topological polar surface area (TPSA) is 175 Å². The number of rotatable bonds is 8. The van der Waals surface area contributed by atoms with E-state index in [4.69, 9.17) is 9.47 Å². The lowest BCUT2D eigenvalue weighted by Gasteiger charge is -2.20. The summed E-state index contributed by atoms with van der Waals surface area (Å²) in [5.74, 6) is 0.399. The van der Waals surface area contributed by atoms with Crippen molar-refractivity contribution in [2.45, 2.75) is 12.5 Å². The standard InChI is InChI=1S/C20H19N5O8S/c1-34(30,31)23-24-19(26)13-8-15(17(25(28)29)9-14(13)22-20(24)27)21-16(18-10-32-11-33-18)7-12-5-3-2-4-6-12/h2-6,8-10,16,21,23H,7,11H2,1H3,(H,22,27). The second-order valence-electron chi connectivity index (χ2n) is 7.44. The van der Waals surface area contributed by atoms with Crippen LogP contribution in [0.25, 0.3) is 10.9 Å². The fourth-order valence-electron chi connectivity index (χ4n) is 3.46. The number of anilines is 1. The van der Waals surface area contributed by atoms with Gasteiger partial charge in [0.1, 0.15) is 11.9 Å². The average molecular weight is 489 g/mol. The Morgan fingerprint density at radius 1 is 1.24 bits per heavy atom. The molecule has 2 aromatic carbocycles. The van der Waals surface area contributed by atoms with Crippen LogP contribution in [0.3, 0.4) is 0 Å². The maximum atomic E-state index is 12.9. The van der Waals surface area contributed by atoms with E-state index in [1.807, 2.05) is 35.2 Å². The quantitative estimate of drug-likeness (QED) is 0.307. The fraction of sp³-hybridized carbons (Fsp3) is 0.200. The number of H-pyrrole nitrogens is 1. The zero-order chi connectivity index (χ0) is 24.5. The van der Waals surface area contributed by atoms with E-state index in [1.54, 1.807) is 0 Å². The van der Waals surface area contributed by atoms with Gasteiger partial charge in [0.05, 0.1) is 28.1 Å². The first kappa shape index (κ1) is 22.8. The Labute approximate surface area is 191 Å². The van der Waals surface area contributed by atoms with Crippen molar-refractivity contribution in [2.24, 2.45) is 0 Å². The summed E-state index contributed by atoms with van der Waals surface area (Å²) in [5, 5.41) is 14.7. The maximum Gasteiger partial charge on any atom is 0.348 e. The molecule has 0 radical (unpaired) electrons. The monoisotopic (exact) mass is 489 g/mol. The van der Waals surface area contributed by atoms with Gasteiger partial charge in [-0.05, 0) is 18.1 Å². The molecule has 0 amide bonds. The Morgan fingerprint density at radius 2 is 1.97 bits per heavy atom. The van der Waals surface area contributed by atoms with Crippen molar-refractivity contribution >= 4 is 32.3 Å². The number of nitrogens with zero attached hydrogens (tertiary/aromatic N) is 2. The second kappa shape index (κ2) is 8.90. The Balaban J connectivity index is 1.83. The zero-order valence-corrected chi connectivity index (χ0v) is 18.5. The number of nitro groups is 1. The molecule has 14 heteroatoms. The molecule has 34 heavy (non-hydrogen) atoms. The van der Waals surface area contributed by atoms with E-state index in [0.717, 1.165) is 17.9 Å². The van der Waals surface area contributed by atoms with Crippen LogP contribution >= 0.6 is 0 Å². The molecule has 0 saturated carbocycles. The summed E-state index contributed by atoms with van der Waals surface area (Å²) in [6.45, 7) is -0.00871. The van der Waals surface area contributed by atoms with Crippen LogP contribution in [0.2, 0.25) is 0 Å². The molecule has 0 spiro atoms. The summed E-state index contributed by atoms with van der Waals surface area (Å²) in [5.41, 5.74) is -1.76. The van der Waals surface area contributed by atoms with Crippen LogP contribution in [0, 0.1) is 10.1 Å². The third kappa shape index (κ3) is 4.85. The summed E-state index contributed by atoms with van der Waals surface area (Å²) < 4.78 is 34.0. The normalized spacial score (nSPS) is 14.1. The minimum absolute atomic E-state index is 0.00871. The number of hydrogen-bond acceptors (Lipinski definition) is 9. The van der Waals surface area contributed by atoms with Gasteiger partial charge in [-0.2, -0.15) is 4.68 Å². The number of fused-ring (bicyclic) bond motifs is 1. The van der Waals surface area contributed by atoms with Gasteiger partial charge in [-0.3, -0.25) is 14.9 Å². The molecule has 3 aromatic rings. The lowest BCUT2D eigenvalue weighted by atomic mass is 10.0. The molecule has 178 valence electrons. The van der Waals surface area contributed by atoms with Crippen molar-refractivity contribution in [2.75, 3.05) is 23.2 Å². The number of sulfonamides is 1. The van der Waals surface area contributed by atoms with Crippen LogP contribution in [0.15, 0.2) is 64.1 Å². The molecule has 0 aliphatic carbocycles. The molecular formula is C20H19N5O8S. The number of hydrogen-bond donors (Lipinski definition) is 3. The number of ether oxygens (including phenoxy) is 2. The highest BCUT2D eigenvalue weighted by Gasteiger charge is 2.26. The highest BCUT2D eigenvalue weighted by Crippen LogP contribution is 2.30. The first-order chi connectivity index (χ1) is 16.1. The Hall–Kier alpha value is -4.33. The molecule has 2 heterocycles. The summed E-state index contributed by atoms with van der Waals surface area (Å²) in [6.07, 6.45) is 2.54. The molecule has 0 bridgehead atoms. The van der Waals surface area contributed by atoms with Gasteiger partial charge in [-0.25, -0.2) is 18.0 Å².